The maximum Gasteiger partial charge on any atom is 0.334 e. The summed E-state index contributed by atoms with van der Waals surface area (Å²) >= 11 is 0. The third-order valence-corrected chi connectivity index (χ3v) is 4.59. The fourth-order valence-corrected chi connectivity index (χ4v) is 3.11. The first-order chi connectivity index (χ1) is 11.6. The number of carboxylic acids is 1. The molecule has 6 heteroatoms. The highest BCUT2D eigenvalue weighted by Crippen LogP contribution is 2.40. The Balaban J connectivity index is 1.72. The summed E-state index contributed by atoms with van der Waals surface area (Å²) in [5, 5.41) is 9.94. The van der Waals surface area contributed by atoms with Crippen molar-refractivity contribution in [2.75, 3.05) is 19.7 Å². The lowest BCUT2D eigenvalue weighted by Gasteiger charge is -2.31. The van der Waals surface area contributed by atoms with Gasteiger partial charge in [-0.3, -0.25) is 9.78 Å². The van der Waals surface area contributed by atoms with Crippen LogP contribution >= 0.6 is 0 Å². The molecule has 24 heavy (non-hydrogen) atoms. The summed E-state index contributed by atoms with van der Waals surface area (Å²) < 4.78 is 5.21. The third kappa shape index (κ3) is 2.73. The average Bonchev–Trinajstić information content (AvgIpc) is 3.45. The van der Waals surface area contributed by atoms with Crippen LogP contribution in [-0.4, -0.2) is 52.7 Å². The summed E-state index contributed by atoms with van der Waals surface area (Å²) in [6.45, 7) is 0.711. The van der Waals surface area contributed by atoms with Crippen LogP contribution in [0.1, 0.15) is 34.8 Å². The molecular formula is C18H18N2O4. The molecule has 4 rings (SSSR count). The molecule has 2 aromatic rings. The third-order valence-electron chi connectivity index (χ3n) is 4.59. The number of nitrogens with zero attached hydrogens (tertiary/aromatic N) is 2. The quantitative estimate of drug-likeness (QED) is 0.933. The number of amides is 1. The molecule has 2 heterocycles. The molecule has 1 aliphatic heterocycles. The standard InChI is InChI=1S/C18H18N2O4/c21-17(20-7-8-24-16(10-20)18(22)23)13-9-15(11-5-6-11)19-14-4-2-1-3-12(13)14/h1-4,9,11,16H,5-8,10H2,(H,22,23)/t16-/m0/s1. The van der Waals surface area contributed by atoms with Crippen molar-refractivity contribution >= 4 is 22.8 Å². The minimum atomic E-state index is -1.04. The smallest absolute Gasteiger partial charge is 0.334 e. The van der Waals surface area contributed by atoms with Gasteiger partial charge in [-0.2, -0.15) is 0 Å². The number of carboxylic acid groups (broad SMARTS) is 1. The highest BCUT2D eigenvalue weighted by Gasteiger charge is 2.32. The molecule has 1 N–H and O–H groups in total. The molecular weight excluding hydrogens is 308 g/mol. The Hall–Kier alpha value is -2.47. The molecule has 1 atom stereocenters. The first-order valence-electron chi connectivity index (χ1n) is 8.17. The van der Waals surface area contributed by atoms with Crippen LogP contribution in [0.5, 0.6) is 0 Å². The van der Waals surface area contributed by atoms with Crippen LogP contribution in [0.4, 0.5) is 0 Å². The molecule has 1 saturated carbocycles. The minimum Gasteiger partial charge on any atom is -0.479 e. The molecule has 1 aromatic heterocycles. The van der Waals surface area contributed by atoms with E-state index >= 15 is 0 Å². The number of ether oxygens (including phenoxy) is 1. The summed E-state index contributed by atoms with van der Waals surface area (Å²) in [6, 6.07) is 9.48. The van der Waals surface area contributed by atoms with E-state index < -0.39 is 12.1 Å². The van der Waals surface area contributed by atoms with Crippen molar-refractivity contribution in [3.05, 3.63) is 41.6 Å². The fourth-order valence-electron chi connectivity index (χ4n) is 3.11. The van der Waals surface area contributed by atoms with Crippen molar-refractivity contribution in [3.8, 4) is 0 Å². The van der Waals surface area contributed by atoms with E-state index in [1.54, 1.807) is 4.90 Å². The second-order valence-corrected chi connectivity index (χ2v) is 6.33. The Kier molecular flexibility index (Phi) is 3.69. The first-order valence-corrected chi connectivity index (χ1v) is 8.17. The van der Waals surface area contributed by atoms with Gasteiger partial charge in [-0.25, -0.2) is 4.79 Å². The zero-order valence-electron chi connectivity index (χ0n) is 13.1. The van der Waals surface area contributed by atoms with Crippen LogP contribution in [0.25, 0.3) is 10.9 Å². The highest BCUT2D eigenvalue weighted by molar-refractivity contribution is 6.06. The molecule has 124 valence electrons. The maximum absolute atomic E-state index is 13.0. The normalized spacial score (nSPS) is 21.0. The predicted molar refractivity (Wildman–Crippen MR) is 87.0 cm³/mol. The van der Waals surface area contributed by atoms with Crippen molar-refractivity contribution in [3.63, 3.8) is 0 Å². The van der Waals surface area contributed by atoms with Crippen molar-refractivity contribution in [2.24, 2.45) is 0 Å². The number of rotatable bonds is 3. The molecule has 1 saturated heterocycles. The fraction of sp³-hybridized carbons (Fsp3) is 0.389. The Morgan fingerprint density at radius 1 is 1.25 bits per heavy atom. The van der Waals surface area contributed by atoms with E-state index in [1.165, 1.54) is 0 Å². The Labute approximate surface area is 139 Å². The lowest BCUT2D eigenvalue weighted by Crippen LogP contribution is -2.48. The number of carbonyl (C=O) groups is 2. The molecule has 1 aliphatic carbocycles. The van der Waals surface area contributed by atoms with E-state index in [0.29, 0.717) is 18.0 Å². The predicted octanol–water partition coefficient (Wildman–Crippen LogP) is 2.04. The minimum absolute atomic E-state index is 0.0730. The van der Waals surface area contributed by atoms with E-state index in [9.17, 15) is 9.59 Å². The van der Waals surface area contributed by atoms with Gasteiger partial charge < -0.3 is 14.7 Å². The number of hydrogen-bond acceptors (Lipinski definition) is 4. The van der Waals surface area contributed by atoms with E-state index in [0.717, 1.165) is 29.4 Å². The van der Waals surface area contributed by atoms with Gasteiger partial charge in [0.2, 0.25) is 0 Å². The van der Waals surface area contributed by atoms with Crippen molar-refractivity contribution in [1.29, 1.82) is 0 Å². The van der Waals surface area contributed by atoms with Crippen LogP contribution in [0.2, 0.25) is 0 Å². The molecule has 0 spiro atoms. The number of fused-ring (bicyclic) bond motifs is 1. The summed E-state index contributed by atoms with van der Waals surface area (Å²) in [6.07, 6.45) is 1.26. The number of para-hydroxylation sites is 1. The van der Waals surface area contributed by atoms with Crippen molar-refractivity contribution < 1.29 is 19.4 Å². The van der Waals surface area contributed by atoms with Gasteiger partial charge in [0.25, 0.3) is 5.91 Å². The highest BCUT2D eigenvalue weighted by atomic mass is 16.5. The number of aromatic nitrogens is 1. The van der Waals surface area contributed by atoms with Crippen LogP contribution in [0, 0.1) is 0 Å². The number of benzene rings is 1. The maximum atomic E-state index is 13.0. The Morgan fingerprint density at radius 3 is 2.79 bits per heavy atom. The van der Waals surface area contributed by atoms with E-state index in [1.807, 2.05) is 30.3 Å². The van der Waals surface area contributed by atoms with Crippen molar-refractivity contribution in [1.82, 2.24) is 9.88 Å². The summed E-state index contributed by atoms with van der Waals surface area (Å²) in [5.74, 6) is -0.742. The van der Waals surface area contributed by atoms with Gasteiger partial charge >= 0.3 is 5.97 Å². The van der Waals surface area contributed by atoms with Gasteiger partial charge in [-0.05, 0) is 25.0 Å². The molecule has 2 aliphatic rings. The van der Waals surface area contributed by atoms with Crippen LogP contribution in [-0.2, 0) is 9.53 Å². The summed E-state index contributed by atoms with van der Waals surface area (Å²) in [4.78, 5) is 30.4. The van der Waals surface area contributed by atoms with Crippen LogP contribution < -0.4 is 0 Å². The van der Waals surface area contributed by atoms with E-state index in [-0.39, 0.29) is 19.1 Å². The summed E-state index contributed by atoms with van der Waals surface area (Å²) in [5.41, 5.74) is 2.38. The van der Waals surface area contributed by atoms with E-state index in [2.05, 4.69) is 4.98 Å². The van der Waals surface area contributed by atoms with Crippen molar-refractivity contribution in [2.45, 2.75) is 24.9 Å². The number of morpholine rings is 1. The molecule has 6 nitrogen and oxygen atoms in total. The van der Waals surface area contributed by atoms with Gasteiger partial charge in [0, 0.05) is 23.5 Å². The van der Waals surface area contributed by atoms with E-state index in [4.69, 9.17) is 9.84 Å². The van der Waals surface area contributed by atoms with Gasteiger partial charge in [0.1, 0.15) is 0 Å². The second kappa shape index (κ2) is 5.87. The lowest BCUT2D eigenvalue weighted by atomic mass is 10.0. The first kappa shape index (κ1) is 15.1. The lowest BCUT2D eigenvalue weighted by molar-refractivity contribution is -0.154. The zero-order chi connectivity index (χ0) is 16.7. The number of hydrogen-bond donors (Lipinski definition) is 1. The Bertz CT molecular complexity index is 816. The van der Waals surface area contributed by atoms with Gasteiger partial charge in [0.05, 0.1) is 24.2 Å². The zero-order valence-corrected chi connectivity index (χ0v) is 13.1. The van der Waals surface area contributed by atoms with Gasteiger partial charge in [-0.1, -0.05) is 18.2 Å². The monoisotopic (exact) mass is 326 g/mol. The SMILES string of the molecule is O=C(O)[C@@H]1CN(C(=O)c2cc(C3CC3)nc3ccccc23)CCO1. The average molecular weight is 326 g/mol. The van der Waals surface area contributed by atoms with Gasteiger partial charge in [-0.15, -0.1) is 0 Å². The largest absolute Gasteiger partial charge is 0.479 e. The molecule has 0 radical (unpaired) electrons. The summed E-state index contributed by atoms with van der Waals surface area (Å²) in [7, 11) is 0. The number of carbonyl (C=O) groups excluding carboxylic acids is 1. The second-order valence-electron chi connectivity index (χ2n) is 6.33. The molecule has 1 aromatic carbocycles. The van der Waals surface area contributed by atoms with Crippen LogP contribution in [0.15, 0.2) is 30.3 Å². The number of aliphatic carboxylic acids is 1. The molecule has 0 unspecified atom stereocenters. The Morgan fingerprint density at radius 2 is 2.04 bits per heavy atom. The molecule has 2 fully saturated rings. The topological polar surface area (TPSA) is 79.7 Å². The van der Waals surface area contributed by atoms with Crippen LogP contribution in [0.3, 0.4) is 0 Å². The molecule has 1 amide bonds. The number of pyridine rings is 1. The molecule has 0 bridgehead atoms. The van der Waals surface area contributed by atoms with Gasteiger partial charge in [0.15, 0.2) is 6.10 Å².